The first-order chi connectivity index (χ1) is 7.91. The molecule has 0 radical (unpaired) electrons. The summed E-state index contributed by atoms with van der Waals surface area (Å²) in [7, 11) is 3.70. The molecular weight excluding hydrogens is 220 g/mol. The average molecular weight is 238 g/mol. The molecule has 17 heavy (non-hydrogen) atoms. The van der Waals surface area contributed by atoms with Gasteiger partial charge in [-0.05, 0) is 19.9 Å². The van der Waals surface area contributed by atoms with Crippen LogP contribution < -0.4 is 10.2 Å². The summed E-state index contributed by atoms with van der Waals surface area (Å²) >= 11 is 0. The quantitative estimate of drug-likeness (QED) is 0.798. The van der Waals surface area contributed by atoms with Crippen LogP contribution in [0.5, 0.6) is 0 Å². The molecule has 0 saturated carbocycles. The number of hydrogen-bond acceptors (Lipinski definition) is 5. The van der Waals surface area contributed by atoms with E-state index in [0.717, 1.165) is 0 Å². The Morgan fingerprint density at radius 1 is 1.47 bits per heavy atom. The van der Waals surface area contributed by atoms with Crippen LogP contribution in [-0.4, -0.2) is 41.2 Å². The van der Waals surface area contributed by atoms with Crippen LogP contribution in [-0.2, 0) is 4.79 Å². The van der Waals surface area contributed by atoms with Crippen molar-refractivity contribution < 1.29 is 9.90 Å². The van der Waals surface area contributed by atoms with E-state index in [1.807, 2.05) is 21.0 Å². The summed E-state index contributed by atoms with van der Waals surface area (Å²) < 4.78 is 0. The van der Waals surface area contributed by atoms with Gasteiger partial charge in [0.2, 0.25) is 5.95 Å². The normalized spacial score (nSPS) is 13.9. The number of nitrogens with one attached hydrogen (secondary N) is 1. The van der Waals surface area contributed by atoms with Gasteiger partial charge in [0.25, 0.3) is 0 Å². The zero-order valence-corrected chi connectivity index (χ0v) is 10.5. The maximum atomic E-state index is 10.8. The molecule has 2 N–H and O–H groups in total. The smallest absolute Gasteiger partial charge is 0.308 e. The van der Waals surface area contributed by atoms with Gasteiger partial charge in [-0.1, -0.05) is 0 Å². The van der Waals surface area contributed by atoms with Crippen molar-refractivity contribution in [2.45, 2.75) is 19.9 Å². The van der Waals surface area contributed by atoms with E-state index in [0.29, 0.717) is 11.8 Å². The van der Waals surface area contributed by atoms with Gasteiger partial charge in [-0.2, -0.15) is 4.98 Å². The van der Waals surface area contributed by atoms with Crippen molar-refractivity contribution in [2.24, 2.45) is 5.92 Å². The molecule has 1 heterocycles. The molecule has 0 aliphatic carbocycles. The van der Waals surface area contributed by atoms with Gasteiger partial charge in [-0.3, -0.25) is 4.79 Å². The fourth-order valence-corrected chi connectivity index (χ4v) is 1.22. The maximum Gasteiger partial charge on any atom is 0.308 e. The number of hydrogen-bond donors (Lipinski definition) is 2. The molecule has 0 saturated heterocycles. The van der Waals surface area contributed by atoms with E-state index in [4.69, 9.17) is 5.11 Å². The summed E-state index contributed by atoms with van der Waals surface area (Å²) in [6.45, 7) is 3.48. The van der Waals surface area contributed by atoms with Crippen LogP contribution in [0.4, 0.5) is 11.8 Å². The van der Waals surface area contributed by atoms with Crippen LogP contribution in [0, 0.1) is 5.92 Å². The molecule has 0 aromatic carbocycles. The van der Waals surface area contributed by atoms with Crippen molar-refractivity contribution in [3.05, 3.63) is 12.3 Å². The van der Waals surface area contributed by atoms with E-state index in [1.165, 1.54) is 0 Å². The Morgan fingerprint density at radius 2 is 2.12 bits per heavy atom. The van der Waals surface area contributed by atoms with Crippen molar-refractivity contribution in [1.82, 2.24) is 9.97 Å². The van der Waals surface area contributed by atoms with Gasteiger partial charge in [-0.25, -0.2) is 4.98 Å². The van der Waals surface area contributed by atoms with Crippen LogP contribution >= 0.6 is 0 Å². The van der Waals surface area contributed by atoms with Gasteiger partial charge in [0, 0.05) is 26.3 Å². The topological polar surface area (TPSA) is 78.4 Å². The molecule has 0 aliphatic rings. The molecule has 1 rings (SSSR count). The second-order valence-corrected chi connectivity index (χ2v) is 4.20. The highest BCUT2D eigenvalue weighted by molar-refractivity contribution is 5.71. The molecule has 1 aromatic rings. The zero-order chi connectivity index (χ0) is 13.0. The molecule has 2 unspecified atom stereocenters. The first kappa shape index (κ1) is 13.2. The summed E-state index contributed by atoms with van der Waals surface area (Å²) in [5, 5.41) is 12.0. The minimum Gasteiger partial charge on any atom is -0.481 e. The highest BCUT2D eigenvalue weighted by Crippen LogP contribution is 2.12. The molecule has 0 fully saturated rings. The lowest BCUT2D eigenvalue weighted by atomic mass is 10.0. The first-order valence-corrected chi connectivity index (χ1v) is 5.41. The fraction of sp³-hybridized carbons (Fsp3) is 0.545. The lowest BCUT2D eigenvalue weighted by Gasteiger charge is -2.19. The predicted octanol–water partition coefficient (Wildman–Crippen LogP) is 1.06. The van der Waals surface area contributed by atoms with Gasteiger partial charge >= 0.3 is 5.97 Å². The first-order valence-electron chi connectivity index (χ1n) is 5.41. The number of rotatable bonds is 5. The minimum absolute atomic E-state index is 0.197. The van der Waals surface area contributed by atoms with Gasteiger partial charge in [0.15, 0.2) is 0 Å². The maximum absolute atomic E-state index is 10.8. The Kier molecular flexibility index (Phi) is 4.25. The number of nitrogens with zero attached hydrogens (tertiary/aromatic N) is 3. The highest BCUT2D eigenvalue weighted by atomic mass is 16.4. The number of carboxylic acids is 1. The van der Waals surface area contributed by atoms with Gasteiger partial charge in [0.1, 0.15) is 5.82 Å². The Bertz CT molecular complexity index is 395. The van der Waals surface area contributed by atoms with E-state index < -0.39 is 11.9 Å². The largest absolute Gasteiger partial charge is 0.481 e. The second kappa shape index (κ2) is 5.47. The third-order valence-electron chi connectivity index (χ3n) is 2.56. The van der Waals surface area contributed by atoms with E-state index in [2.05, 4.69) is 15.3 Å². The molecule has 94 valence electrons. The average Bonchev–Trinajstić information content (AvgIpc) is 2.28. The molecule has 6 heteroatoms. The molecule has 0 aliphatic heterocycles. The van der Waals surface area contributed by atoms with Crippen LogP contribution in [0.2, 0.25) is 0 Å². The van der Waals surface area contributed by atoms with E-state index in [1.54, 1.807) is 24.1 Å². The summed E-state index contributed by atoms with van der Waals surface area (Å²) in [4.78, 5) is 21.0. The van der Waals surface area contributed by atoms with Crippen molar-refractivity contribution in [2.75, 3.05) is 24.3 Å². The monoisotopic (exact) mass is 238 g/mol. The zero-order valence-electron chi connectivity index (χ0n) is 10.5. The molecule has 2 atom stereocenters. The standard InChI is InChI=1S/C11H18N4O2/c1-7(10(16)17)8(2)13-9-5-6-12-11(14-9)15(3)4/h5-8H,1-4H3,(H,16,17)(H,12,13,14). The van der Waals surface area contributed by atoms with Crippen LogP contribution in [0.25, 0.3) is 0 Å². The Labute approximate surface area is 101 Å². The lowest BCUT2D eigenvalue weighted by Crippen LogP contribution is -2.30. The number of carboxylic acid groups (broad SMARTS) is 1. The van der Waals surface area contributed by atoms with Gasteiger partial charge in [0.05, 0.1) is 5.92 Å². The third kappa shape index (κ3) is 3.58. The molecule has 0 spiro atoms. The minimum atomic E-state index is -0.827. The van der Waals surface area contributed by atoms with Gasteiger partial charge in [-0.15, -0.1) is 0 Å². The lowest BCUT2D eigenvalue weighted by molar-refractivity contribution is -0.141. The van der Waals surface area contributed by atoms with E-state index >= 15 is 0 Å². The highest BCUT2D eigenvalue weighted by Gasteiger charge is 2.19. The summed E-state index contributed by atoms with van der Waals surface area (Å²) in [6.07, 6.45) is 1.64. The molecule has 1 aromatic heterocycles. The second-order valence-electron chi connectivity index (χ2n) is 4.20. The predicted molar refractivity (Wildman–Crippen MR) is 66.2 cm³/mol. The third-order valence-corrected chi connectivity index (χ3v) is 2.56. The van der Waals surface area contributed by atoms with Crippen molar-refractivity contribution in [3.63, 3.8) is 0 Å². The number of anilines is 2. The Balaban J connectivity index is 2.74. The molecular formula is C11H18N4O2. The summed E-state index contributed by atoms with van der Waals surface area (Å²) in [5.74, 6) is -0.0888. The number of aromatic nitrogens is 2. The van der Waals surface area contributed by atoms with E-state index in [9.17, 15) is 4.79 Å². The number of carbonyl (C=O) groups is 1. The van der Waals surface area contributed by atoms with Gasteiger partial charge < -0.3 is 15.3 Å². The summed E-state index contributed by atoms with van der Waals surface area (Å²) in [6, 6.07) is 1.52. The summed E-state index contributed by atoms with van der Waals surface area (Å²) in [5.41, 5.74) is 0. The molecule has 0 bridgehead atoms. The van der Waals surface area contributed by atoms with Crippen LogP contribution in [0.15, 0.2) is 12.3 Å². The van der Waals surface area contributed by atoms with Crippen molar-refractivity contribution in [1.29, 1.82) is 0 Å². The fourth-order valence-electron chi connectivity index (χ4n) is 1.22. The van der Waals surface area contributed by atoms with Crippen LogP contribution in [0.1, 0.15) is 13.8 Å². The molecule has 0 amide bonds. The Morgan fingerprint density at radius 3 is 2.65 bits per heavy atom. The van der Waals surface area contributed by atoms with Crippen molar-refractivity contribution >= 4 is 17.7 Å². The van der Waals surface area contributed by atoms with Crippen LogP contribution in [0.3, 0.4) is 0 Å². The SMILES string of the molecule is CC(Nc1ccnc(N(C)C)n1)C(C)C(=O)O. The van der Waals surface area contributed by atoms with E-state index in [-0.39, 0.29) is 6.04 Å². The van der Waals surface area contributed by atoms with Crippen molar-refractivity contribution in [3.8, 4) is 0 Å². The Hall–Kier alpha value is -1.85. The molecule has 6 nitrogen and oxygen atoms in total. The number of aliphatic carboxylic acids is 1.